The molecular formula is C15H19ClO4. The molecule has 1 aromatic rings. The molecule has 0 aromatic heterocycles. The molecule has 0 atom stereocenters. The molecule has 0 heterocycles. The molecule has 0 aliphatic heterocycles. The monoisotopic (exact) mass is 298 g/mol. The number of benzene rings is 1. The van der Waals surface area contributed by atoms with E-state index < -0.39 is 5.97 Å². The average Bonchev–Trinajstić information content (AvgIpc) is 2.46. The van der Waals surface area contributed by atoms with Gasteiger partial charge in [0.1, 0.15) is 12.4 Å². The number of hydrogen-bond acceptors (Lipinski definition) is 3. The van der Waals surface area contributed by atoms with Crippen LogP contribution in [0.2, 0.25) is 5.02 Å². The Morgan fingerprint density at radius 1 is 1.20 bits per heavy atom. The lowest BCUT2D eigenvalue weighted by Crippen LogP contribution is -2.27. The van der Waals surface area contributed by atoms with Gasteiger partial charge in [-0.3, -0.25) is 4.79 Å². The van der Waals surface area contributed by atoms with Gasteiger partial charge in [-0.05, 0) is 37.8 Å². The van der Waals surface area contributed by atoms with Crippen LogP contribution in [0.25, 0.3) is 0 Å². The van der Waals surface area contributed by atoms with Crippen molar-refractivity contribution >= 4 is 17.6 Å². The SMILES string of the molecule is O=C(O)C1CCC(OCCOc2ccccc2Cl)CC1. The molecule has 2 rings (SSSR count). The highest BCUT2D eigenvalue weighted by Gasteiger charge is 2.26. The largest absolute Gasteiger partial charge is 0.490 e. The fourth-order valence-electron chi connectivity index (χ4n) is 2.40. The highest BCUT2D eigenvalue weighted by molar-refractivity contribution is 6.32. The Hall–Kier alpha value is -1.26. The highest BCUT2D eigenvalue weighted by Crippen LogP contribution is 2.26. The molecule has 0 amide bonds. The van der Waals surface area contributed by atoms with Crippen LogP contribution in [-0.4, -0.2) is 30.4 Å². The van der Waals surface area contributed by atoms with Crippen LogP contribution in [0.5, 0.6) is 5.75 Å². The molecule has 1 aromatic carbocycles. The number of halogens is 1. The van der Waals surface area contributed by atoms with Crippen LogP contribution in [0.1, 0.15) is 25.7 Å². The first-order chi connectivity index (χ1) is 9.66. The number of rotatable bonds is 6. The minimum absolute atomic E-state index is 0.153. The number of carbonyl (C=O) groups is 1. The van der Waals surface area contributed by atoms with Gasteiger partial charge in [0.25, 0.3) is 0 Å². The molecule has 110 valence electrons. The van der Waals surface area contributed by atoms with Crippen LogP contribution in [0.3, 0.4) is 0 Å². The van der Waals surface area contributed by atoms with Gasteiger partial charge >= 0.3 is 5.97 Å². The van der Waals surface area contributed by atoms with Crippen molar-refractivity contribution in [1.82, 2.24) is 0 Å². The van der Waals surface area contributed by atoms with Crippen molar-refractivity contribution in [3.8, 4) is 5.75 Å². The lowest BCUT2D eigenvalue weighted by atomic mass is 9.87. The van der Waals surface area contributed by atoms with Crippen molar-refractivity contribution in [2.75, 3.05) is 13.2 Å². The molecule has 0 saturated heterocycles. The van der Waals surface area contributed by atoms with Crippen LogP contribution in [0.4, 0.5) is 0 Å². The quantitative estimate of drug-likeness (QED) is 0.818. The summed E-state index contributed by atoms with van der Waals surface area (Å²) in [6, 6.07) is 7.33. The summed E-state index contributed by atoms with van der Waals surface area (Å²) >= 11 is 5.98. The summed E-state index contributed by atoms with van der Waals surface area (Å²) in [5.41, 5.74) is 0. The van der Waals surface area contributed by atoms with E-state index in [4.69, 9.17) is 26.2 Å². The fraction of sp³-hybridized carbons (Fsp3) is 0.533. The average molecular weight is 299 g/mol. The summed E-state index contributed by atoms with van der Waals surface area (Å²) in [4.78, 5) is 10.8. The predicted molar refractivity (Wildman–Crippen MR) is 76.3 cm³/mol. The third-order valence-electron chi connectivity index (χ3n) is 3.55. The third kappa shape index (κ3) is 4.39. The van der Waals surface area contributed by atoms with Gasteiger partial charge in [-0.1, -0.05) is 23.7 Å². The van der Waals surface area contributed by atoms with E-state index in [0.29, 0.717) is 36.8 Å². The Labute approximate surface area is 123 Å². The minimum Gasteiger partial charge on any atom is -0.490 e. The van der Waals surface area contributed by atoms with Gasteiger partial charge in [0.05, 0.1) is 23.7 Å². The maximum atomic E-state index is 10.8. The van der Waals surface area contributed by atoms with E-state index in [9.17, 15) is 4.79 Å². The molecule has 1 aliphatic rings. The highest BCUT2D eigenvalue weighted by atomic mass is 35.5. The topological polar surface area (TPSA) is 55.8 Å². The predicted octanol–water partition coefficient (Wildman–Crippen LogP) is 3.38. The van der Waals surface area contributed by atoms with Crippen molar-refractivity contribution in [2.24, 2.45) is 5.92 Å². The maximum Gasteiger partial charge on any atom is 0.306 e. The van der Waals surface area contributed by atoms with Gasteiger partial charge in [0.15, 0.2) is 0 Å². The zero-order valence-corrected chi connectivity index (χ0v) is 12.0. The van der Waals surface area contributed by atoms with Gasteiger partial charge in [-0.15, -0.1) is 0 Å². The zero-order chi connectivity index (χ0) is 14.4. The molecule has 5 heteroatoms. The fourth-order valence-corrected chi connectivity index (χ4v) is 2.59. The Morgan fingerprint density at radius 3 is 2.55 bits per heavy atom. The normalized spacial score (nSPS) is 22.4. The zero-order valence-electron chi connectivity index (χ0n) is 11.3. The van der Waals surface area contributed by atoms with E-state index in [1.807, 2.05) is 18.2 Å². The van der Waals surface area contributed by atoms with Gasteiger partial charge in [-0.2, -0.15) is 0 Å². The van der Waals surface area contributed by atoms with E-state index in [1.54, 1.807) is 6.07 Å². The lowest BCUT2D eigenvalue weighted by Gasteiger charge is -2.26. The molecule has 0 radical (unpaired) electrons. The van der Waals surface area contributed by atoms with Crippen molar-refractivity contribution in [3.05, 3.63) is 29.3 Å². The second-order valence-corrected chi connectivity index (χ2v) is 5.37. The van der Waals surface area contributed by atoms with E-state index in [0.717, 1.165) is 12.8 Å². The first-order valence-corrected chi connectivity index (χ1v) is 7.26. The second kappa shape index (κ2) is 7.50. The molecular weight excluding hydrogens is 280 g/mol. The second-order valence-electron chi connectivity index (χ2n) is 4.96. The lowest BCUT2D eigenvalue weighted by molar-refractivity contribution is -0.143. The Kier molecular flexibility index (Phi) is 5.68. The number of carboxylic acids is 1. The minimum atomic E-state index is -0.689. The maximum absolute atomic E-state index is 10.8. The van der Waals surface area contributed by atoms with E-state index >= 15 is 0 Å². The first kappa shape index (κ1) is 15.1. The molecule has 0 unspecified atom stereocenters. The van der Waals surface area contributed by atoms with Crippen molar-refractivity contribution < 1.29 is 19.4 Å². The summed E-state index contributed by atoms with van der Waals surface area (Å²) in [7, 11) is 0. The van der Waals surface area contributed by atoms with Gasteiger partial charge in [0, 0.05) is 0 Å². The van der Waals surface area contributed by atoms with Crippen LogP contribution in [0, 0.1) is 5.92 Å². The van der Waals surface area contributed by atoms with E-state index in [2.05, 4.69) is 0 Å². The standard InChI is InChI=1S/C15H19ClO4/c16-13-3-1-2-4-14(13)20-10-9-19-12-7-5-11(6-8-12)15(17)18/h1-4,11-12H,5-10H2,(H,17,18). The van der Waals surface area contributed by atoms with Crippen LogP contribution < -0.4 is 4.74 Å². The third-order valence-corrected chi connectivity index (χ3v) is 3.87. The summed E-state index contributed by atoms with van der Waals surface area (Å²) in [6.45, 7) is 0.941. The van der Waals surface area contributed by atoms with Crippen LogP contribution >= 0.6 is 11.6 Å². The smallest absolute Gasteiger partial charge is 0.306 e. The Balaban J connectivity index is 1.63. The number of hydrogen-bond donors (Lipinski definition) is 1. The van der Waals surface area contributed by atoms with Gasteiger partial charge < -0.3 is 14.6 Å². The number of carboxylic acid groups (broad SMARTS) is 1. The van der Waals surface area contributed by atoms with Gasteiger partial charge in [0.2, 0.25) is 0 Å². The van der Waals surface area contributed by atoms with Crippen LogP contribution in [0.15, 0.2) is 24.3 Å². The van der Waals surface area contributed by atoms with Crippen molar-refractivity contribution in [2.45, 2.75) is 31.8 Å². The molecule has 1 N–H and O–H groups in total. The summed E-state index contributed by atoms with van der Waals surface area (Å²) in [6.07, 6.45) is 3.17. The van der Waals surface area contributed by atoms with E-state index in [1.165, 1.54) is 0 Å². The molecule has 1 aliphatic carbocycles. The van der Waals surface area contributed by atoms with Crippen molar-refractivity contribution in [3.63, 3.8) is 0 Å². The van der Waals surface area contributed by atoms with Crippen LogP contribution in [-0.2, 0) is 9.53 Å². The molecule has 4 nitrogen and oxygen atoms in total. The molecule has 20 heavy (non-hydrogen) atoms. The van der Waals surface area contributed by atoms with E-state index in [-0.39, 0.29) is 12.0 Å². The van der Waals surface area contributed by atoms with Crippen molar-refractivity contribution in [1.29, 1.82) is 0 Å². The molecule has 1 fully saturated rings. The first-order valence-electron chi connectivity index (χ1n) is 6.88. The Bertz CT molecular complexity index is 441. The summed E-state index contributed by atoms with van der Waals surface area (Å²) < 4.78 is 11.2. The Morgan fingerprint density at radius 2 is 1.90 bits per heavy atom. The number of ether oxygens (including phenoxy) is 2. The van der Waals surface area contributed by atoms with Gasteiger partial charge in [-0.25, -0.2) is 0 Å². The molecule has 0 spiro atoms. The molecule has 1 saturated carbocycles. The summed E-state index contributed by atoms with van der Waals surface area (Å²) in [5, 5.41) is 9.51. The summed E-state index contributed by atoms with van der Waals surface area (Å²) in [5.74, 6) is -0.230. The number of aliphatic carboxylic acids is 1. The number of para-hydroxylation sites is 1. The molecule has 0 bridgehead atoms.